The van der Waals surface area contributed by atoms with Crippen LogP contribution >= 0.6 is 22.7 Å². The van der Waals surface area contributed by atoms with Crippen LogP contribution < -0.4 is 0 Å². The summed E-state index contributed by atoms with van der Waals surface area (Å²) in [6.07, 6.45) is 1.74. The van der Waals surface area contributed by atoms with Crippen LogP contribution in [-0.2, 0) is 0 Å². The summed E-state index contributed by atoms with van der Waals surface area (Å²) in [7, 11) is 0. The summed E-state index contributed by atoms with van der Waals surface area (Å²) in [6.45, 7) is 4.01. The summed E-state index contributed by atoms with van der Waals surface area (Å²) in [6, 6.07) is 14.7. The Bertz CT molecular complexity index is 855. The number of benzene rings is 1. The number of nitrogens with zero attached hydrogens (tertiary/aromatic N) is 3. The van der Waals surface area contributed by atoms with E-state index in [0.29, 0.717) is 0 Å². The second kappa shape index (κ2) is 7.52. The third-order valence-electron chi connectivity index (χ3n) is 3.63. The molecule has 0 fully saturated rings. The highest BCUT2D eigenvalue weighted by Gasteiger charge is 2.16. The van der Waals surface area contributed by atoms with Gasteiger partial charge in [0.2, 0.25) is 0 Å². The van der Waals surface area contributed by atoms with Gasteiger partial charge in [-0.05, 0) is 30.9 Å². The maximum atomic E-state index is 9.47. The molecule has 2 aromatic heterocycles. The summed E-state index contributed by atoms with van der Waals surface area (Å²) >= 11 is 3.19. The molecule has 2 heterocycles. The third-order valence-corrected chi connectivity index (χ3v) is 5.60. The van der Waals surface area contributed by atoms with E-state index in [2.05, 4.69) is 53.7 Å². The number of hydrogen-bond donors (Lipinski definition) is 0. The van der Waals surface area contributed by atoms with Crippen molar-refractivity contribution in [1.29, 1.82) is 5.26 Å². The van der Waals surface area contributed by atoms with Crippen molar-refractivity contribution in [2.75, 3.05) is 0 Å². The van der Waals surface area contributed by atoms with Crippen LogP contribution in [-0.4, -0.2) is 11.2 Å². The molecule has 3 rings (SSSR count). The quantitative estimate of drug-likeness (QED) is 0.586. The average Bonchev–Trinajstić information content (AvgIpc) is 3.25. The van der Waals surface area contributed by atoms with E-state index in [0.717, 1.165) is 16.3 Å². The molecule has 0 spiro atoms. The van der Waals surface area contributed by atoms with Gasteiger partial charge in [0.15, 0.2) is 0 Å². The number of aromatic nitrogens is 1. The van der Waals surface area contributed by atoms with Gasteiger partial charge in [0, 0.05) is 22.2 Å². The van der Waals surface area contributed by atoms with E-state index < -0.39 is 5.92 Å². The van der Waals surface area contributed by atoms with Crippen LogP contribution in [0.3, 0.4) is 0 Å². The molecular formula is C19H17N3S2. The fourth-order valence-corrected chi connectivity index (χ4v) is 3.96. The van der Waals surface area contributed by atoms with Crippen LogP contribution in [0.4, 0.5) is 0 Å². The Morgan fingerprint density at radius 1 is 1.17 bits per heavy atom. The predicted molar refractivity (Wildman–Crippen MR) is 101 cm³/mol. The summed E-state index contributed by atoms with van der Waals surface area (Å²) in [4.78, 5) is 10.3. The number of thiophene rings is 1. The highest BCUT2D eigenvalue weighted by molar-refractivity contribution is 7.10. The molecule has 5 heteroatoms. The maximum Gasteiger partial charge on any atom is 0.133 e. The largest absolute Gasteiger partial charge is 0.282 e. The lowest BCUT2D eigenvalue weighted by Gasteiger charge is -2.12. The highest BCUT2D eigenvalue weighted by Crippen LogP contribution is 2.30. The summed E-state index contributed by atoms with van der Waals surface area (Å²) < 4.78 is 0. The summed E-state index contributed by atoms with van der Waals surface area (Å²) in [5.74, 6) is -0.406. The lowest BCUT2D eigenvalue weighted by Crippen LogP contribution is -2.01. The second-order valence-electron chi connectivity index (χ2n) is 5.56. The molecule has 0 aliphatic carbocycles. The highest BCUT2D eigenvalue weighted by atomic mass is 32.1. The van der Waals surface area contributed by atoms with Crippen LogP contribution in [0.5, 0.6) is 0 Å². The van der Waals surface area contributed by atoms with E-state index in [1.807, 2.05) is 18.4 Å². The molecule has 0 amide bonds. The molecule has 24 heavy (non-hydrogen) atoms. The fraction of sp³-hybridized carbons (Fsp3) is 0.211. The van der Waals surface area contributed by atoms with Crippen molar-refractivity contribution in [3.8, 4) is 6.07 Å². The number of thiazole rings is 1. The molecule has 0 N–H and O–H groups in total. The van der Waals surface area contributed by atoms with Gasteiger partial charge in [0.25, 0.3) is 0 Å². The van der Waals surface area contributed by atoms with E-state index in [1.165, 1.54) is 21.8 Å². The van der Waals surface area contributed by atoms with Gasteiger partial charge in [-0.3, -0.25) is 4.99 Å². The minimum absolute atomic E-state index is 0.0810. The van der Waals surface area contributed by atoms with Gasteiger partial charge in [0.05, 0.1) is 6.07 Å². The zero-order valence-electron chi connectivity index (χ0n) is 13.5. The normalized spacial score (nSPS) is 13.7. The first-order valence-electron chi connectivity index (χ1n) is 7.62. The van der Waals surface area contributed by atoms with Crippen LogP contribution in [0.2, 0.25) is 0 Å². The number of hydrogen-bond acceptors (Lipinski definition) is 5. The van der Waals surface area contributed by atoms with Crippen molar-refractivity contribution in [1.82, 2.24) is 4.98 Å². The van der Waals surface area contributed by atoms with Crippen LogP contribution in [0.25, 0.3) is 0 Å². The summed E-state index contributed by atoms with van der Waals surface area (Å²) in [5.41, 5.74) is 3.30. The molecule has 0 aliphatic heterocycles. The number of aryl methyl sites for hydroxylation is 2. The Balaban J connectivity index is 1.91. The minimum atomic E-state index is -0.406. The van der Waals surface area contributed by atoms with Crippen molar-refractivity contribution in [2.45, 2.75) is 25.8 Å². The predicted octanol–water partition coefficient (Wildman–Crippen LogP) is 5.29. The lowest BCUT2D eigenvalue weighted by atomic mass is 10.0. The van der Waals surface area contributed by atoms with Gasteiger partial charge in [-0.2, -0.15) is 5.26 Å². The molecule has 1 aromatic carbocycles. The Morgan fingerprint density at radius 3 is 2.54 bits per heavy atom. The van der Waals surface area contributed by atoms with Crippen molar-refractivity contribution < 1.29 is 0 Å². The van der Waals surface area contributed by atoms with E-state index in [-0.39, 0.29) is 6.04 Å². The Labute approximate surface area is 150 Å². The molecule has 0 saturated heterocycles. The monoisotopic (exact) mass is 351 g/mol. The van der Waals surface area contributed by atoms with E-state index in [9.17, 15) is 5.26 Å². The van der Waals surface area contributed by atoms with Crippen LogP contribution in [0.1, 0.15) is 38.7 Å². The topological polar surface area (TPSA) is 49.0 Å². The van der Waals surface area contributed by atoms with Gasteiger partial charge in [-0.1, -0.05) is 35.9 Å². The van der Waals surface area contributed by atoms with Gasteiger partial charge < -0.3 is 0 Å². The molecule has 2 atom stereocenters. The smallest absolute Gasteiger partial charge is 0.133 e. The molecule has 3 aromatic rings. The summed E-state index contributed by atoms with van der Waals surface area (Å²) in [5, 5.41) is 14.3. The van der Waals surface area contributed by atoms with E-state index >= 15 is 0 Å². The lowest BCUT2D eigenvalue weighted by molar-refractivity contribution is 0.889. The minimum Gasteiger partial charge on any atom is -0.282 e. The molecule has 0 radical (unpaired) electrons. The van der Waals surface area contributed by atoms with Crippen molar-refractivity contribution in [3.05, 3.63) is 73.9 Å². The number of rotatable bonds is 5. The van der Waals surface area contributed by atoms with Gasteiger partial charge in [0.1, 0.15) is 17.0 Å². The second-order valence-corrected chi connectivity index (χ2v) is 7.43. The van der Waals surface area contributed by atoms with Gasteiger partial charge >= 0.3 is 0 Å². The number of nitriles is 1. The maximum absolute atomic E-state index is 9.47. The van der Waals surface area contributed by atoms with Crippen LogP contribution in [0.15, 0.2) is 52.2 Å². The SMILES string of the molecule is Cc1ccc([C@H](N=CC(C#N)c2nc(C)cs2)c2cccs2)cc1. The first-order chi connectivity index (χ1) is 11.7. The first-order valence-corrected chi connectivity index (χ1v) is 9.38. The molecule has 0 bridgehead atoms. The van der Waals surface area contributed by atoms with Gasteiger partial charge in [-0.15, -0.1) is 22.7 Å². The van der Waals surface area contributed by atoms with Crippen molar-refractivity contribution in [2.24, 2.45) is 4.99 Å². The Morgan fingerprint density at radius 2 is 1.96 bits per heavy atom. The molecule has 3 nitrogen and oxygen atoms in total. The molecule has 0 aliphatic rings. The molecular weight excluding hydrogens is 334 g/mol. The van der Waals surface area contributed by atoms with E-state index in [1.54, 1.807) is 17.6 Å². The van der Waals surface area contributed by atoms with Crippen molar-refractivity contribution >= 4 is 28.9 Å². The third kappa shape index (κ3) is 3.78. The van der Waals surface area contributed by atoms with Crippen LogP contribution in [0, 0.1) is 25.2 Å². The Kier molecular flexibility index (Phi) is 5.19. The zero-order chi connectivity index (χ0) is 16.9. The first kappa shape index (κ1) is 16.6. The van der Waals surface area contributed by atoms with Crippen molar-refractivity contribution in [3.63, 3.8) is 0 Å². The molecule has 120 valence electrons. The van der Waals surface area contributed by atoms with E-state index in [4.69, 9.17) is 4.99 Å². The molecule has 0 saturated carbocycles. The van der Waals surface area contributed by atoms with Gasteiger partial charge in [-0.25, -0.2) is 4.98 Å². The Hall–Kier alpha value is -2.29. The fourth-order valence-electron chi connectivity index (χ4n) is 2.36. The molecule has 1 unspecified atom stereocenters. The average molecular weight is 352 g/mol. The number of aliphatic imine (C=N–C) groups is 1. The zero-order valence-corrected chi connectivity index (χ0v) is 15.1. The standard InChI is InChI=1S/C19H17N3S2/c1-13-5-7-15(8-6-13)18(17-4-3-9-23-17)21-11-16(10-20)19-22-14(2)12-24-19/h3-9,11-12,16,18H,1-2H3/t16?,18-/m0/s1.